The zero-order chi connectivity index (χ0) is 37.1. The Bertz CT molecular complexity index is 2760. The van der Waals surface area contributed by atoms with Crippen LogP contribution in [0.4, 0.5) is 0 Å². The van der Waals surface area contributed by atoms with Crippen molar-refractivity contribution in [1.29, 1.82) is 0 Å². The molecule has 11 rings (SSSR count). The van der Waals surface area contributed by atoms with E-state index in [1.807, 2.05) is 0 Å². The van der Waals surface area contributed by atoms with Gasteiger partial charge in [-0.1, -0.05) is 170 Å². The predicted molar refractivity (Wildman–Crippen MR) is 227 cm³/mol. The predicted octanol–water partition coefficient (Wildman–Crippen LogP) is 12.5. The van der Waals surface area contributed by atoms with Gasteiger partial charge in [0.05, 0.1) is 11.5 Å². The zero-order valence-electron chi connectivity index (χ0n) is 30.7. The van der Waals surface area contributed by atoms with Crippen LogP contribution in [0.15, 0.2) is 206 Å². The summed E-state index contributed by atoms with van der Waals surface area (Å²) < 4.78 is 6.53. The molecule has 56 heavy (non-hydrogen) atoms. The van der Waals surface area contributed by atoms with Crippen molar-refractivity contribution < 1.29 is 4.74 Å². The lowest BCUT2D eigenvalue weighted by molar-refractivity contribution is 0.436. The summed E-state index contributed by atoms with van der Waals surface area (Å²) in [6.07, 6.45) is 2.22. The van der Waals surface area contributed by atoms with Crippen LogP contribution in [0.3, 0.4) is 0 Å². The number of ether oxygens (including phenoxy) is 1. The highest BCUT2D eigenvalue weighted by Crippen LogP contribution is 2.62. The molecule has 266 valence electrons. The molecule has 0 radical (unpaired) electrons. The van der Waals surface area contributed by atoms with Crippen molar-refractivity contribution in [3.8, 4) is 44.9 Å². The Morgan fingerprint density at radius 2 is 0.929 bits per heavy atom. The zero-order valence-corrected chi connectivity index (χ0v) is 30.7. The molecule has 2 aliphatic heterocycles. The molecule has 3 aliphatic rings. The number of para-hydroxylation sites is 2. The van der Waals surface area contributed by atoms with E-state index in [2.05, 4.69) is 217 Å². The maximum atomic E-state index is 6.53. The Morgan fingerprint density at radius 3 is 1.66 bits per heavy atom. The maximum Gasteiger partial charge on any atom is 0.132 e. The van der Waals surface area contributed by atoms with Gasteiger partial charge in [0.25, 0.3) is 0 Å². The molecule has 0 amide bonds. The Kier molecular flexibility index (Phi) is 7.61. The van der Waals surface area contributed by atoms with Gasteiger partial charge in [0, 0.05) is 16.8 Å². The van der Waals surface area contributed by atoms with Gasteiger partial charge in [0.2, 0.25) is 0 Å². The lowest BCUT2D eigenvalue weighted by atomic mass is 9.66. The minimum atomic E-state index is -0.464. The fourth-order valence-electron chi connectivity index (χ4n) is 9.28. The molecule has 2 unspecified atom stereocenters. The summed E-state index contributed by atoms with van der Waals surface area (Å²) >= 11 is 0. The van der Waals surface area contributed by atoms with E-state index in [9.17, 15) is 0 Å². The highest BCUT2D eigenvalue weighted by Gasteiger charge is 2.50. The van der Waals surface area contributed by atoms with E-state index in [1.165, 1.54) is 72.3 Å². The molecule has 1 spiro atoms. The third-order valence-corrected chi connectivity index (χ3v) is 11.8. The topological polar surface area (TPSA) is 33.3 Å². The third kappa shape index (κ3) is 5.16. The summed E-state index contributed by atoms with van der Waals surface area (Å²) in [6, 6.07) is 72.3. The van der Waals surface area contributed by atoms with Crippen molar-refractivity contribution in [2.45, 2.75) is 17.6 Å². The first-order valence-corrected chi connectivity index (χ1v) is 19.4. The van der Waals surface area contributed by atoms with E-state index < -0.39 is 5.41 Å². The third-order valence-electron chi connectivity index (χ3n) is 11.8. The Hall–Kier alpha value is -6.94. The molecule has 3 heteroatoms. The standard InChI is InChI=1S/C53H38N2O/c1-3-15-35(16-4-1)48-34-49(36-17-5-2-6-18-36)55-52(54-48)41-22-14-21-39(32-41)37-19-13-20-38(31-37)40-29-30-45-43(33-40)42-23-7-8-24-44(42)53(45)46-25-9-11-27-50(46)56-51-28-12-10-26-47(51)53/h1-34,48,52,54-55H. The summed E-state index contributed by atoms with van der Waals surface area (Å²) in [5, 5.41) is 7.69. The number of nitrogens with one attached hydrogen (secondary N) is 2. The number of hydrogen-bond donors (Lipinski definition) is 2. The first-order valence-electron chi connectivity index (χ1n) is 19.4. The van der Waals surface area contributed by atoms with Crippen LogP contribution >= 0.6 is 0 Å². The Balaban J connectivity index is 0.972. The molecule has 0 saturated carbocycles. The summed E-state index contributed by atoms with van der Waals surface area (Å²) in [5.74, 6) is 1.82. The largest absolute Gasteiger partial charge is 0.457 e. The van der Waals surface area contributed by atoms with E-state index >= 15 is 0 Å². The van der Waals surface area contributed by atoms with Gasteiger partial charge in [-0.25, -0.2) is 0 Å². The normalized spacial score (nSPS) is 17.0. The quantitative estimate of drug-likeness (QED) is 0.186. The highest BCUT2D eigenvalue weighted by molar-refractivity contribution is 5.91. The van der Waals surface area contributed by atoms with Crippen LogP contribution in [0.2, 0.25) is 0 Å². The molecule has 0 bridgehead atoms. The molecular formula is C53H38N2O. The molecule has 0 fully saturated rings. The second kappa shape index (κ2) is 13.1. The second-order valence-corrected chi connectivity index (χ2v) is 14.9. The summed E-state index contributed by atoms with van der Waals surface area (Å²) in [5.41, 5.74) is 16.5. The number of benzene rings is 8. The van der Waals surface area contributed by atoms with Crippen LogP contribution < -0.4 is 15.4 Å². The molecule has 1 aliphatic carbocycles. The maximum absolute atomic E-state index is 6.53. The van der Waals surface area contributed by atoms with Gasteiger partial charge in [-0.2, -0.15) is 0 Å². The molecule has 3 nitrogen and oxygen atoms in total. The minimum absolute atomic E-state index is 0.0665. The Morgan fingerprint density at radius 1 is 0.393 bits per heavy atom. The van der Waals surface area contributed by atoms with E-state index in [0.717, 1.165) is 17.2 Å². The van der Waals surface area contributed by atoms with Gasteiger partial charge in [-0.3, -0.25) is 5.32 Å². The molecule has 0 aromatic heterocycles. The first kappa shape index (κ1) is 32.5. The SMILES string of the molecule is C1=C(c2ccccc2)NC(c2cccc(-c3cccc(-c4ccc5c(c4)-c4ccccc4C54c5ccccc5Oc5ccccc54)c3)c2)NC1c1ccccc1. The van der Waals surface area contributed by atoms with Crippen LogP contribution in [-0.4, -0.2) is 0 Å². The first-order chi connectivity index (χ1) is 27.7. The van der Waals surface area contributed by atoms with Crippen LogP contribution in [0.1, 0.15) is 51.2 Å². The van der Waals surface area contributed by atoms with E-state index in [1.54, 1.807) is 0 Å². The van der Waals surface area contributed by atoms with Crippen molar-refractivity contribution >= 4 is 5.70 Å². The summed E-state index contributed by atoms with van der Waals surface area (Å²) in [4.78, 5) is 0. The summed E-state index contributed by atoms with van der Waals surface area (Å²) in [7, 11) is 0. The molecule has 2 heterocycles. The van der Waals surface area contributed by atoms with E-state index in [4.69, 9.17) is 4.74 Å². The lowest BCUT2D eigenvalue weighted by Gasteiger charge is -2.39. The second-order valence-electron chi connectivity index (χ2n) is 14.9. The van der Waals surface area contributed by atoms with Crippen molar-refractivity contribution in [2.24, 2.45) is 0 Å². The van der Waals surface area contributed by atoms with Crippen LogP contribution in [0, 0.1) is 0 Å². The van der Waals surface area contributed by atoms with Crippen LogP contribution in [0.5, 0.6) is 11.5 Å². The van der Waals surface area contributed by atoms with Gasteiger partial charge in [0.1, 0.15) is 17.7 Å². The summed E-state index contributed by atoms with van der Waals surface area (Å²) in [6.45, 7) is 0. The monoisotopic (exact) mass is 718 g/mol. The van der Waals surface area contributed by atoms with Crippen molar-refractivity contribution in [3.05, 3.63) is 245 Å². The van der Waals surface area contributed by atoms with Gasteiger partial charge >= 0.3 is 0 Å². The van der Waals surface area contributed by atoms with Crippen molar-refractivity contribution in [1.82, 2.24) is 10.6 Å². The van der Waals surface area contributed by atoms with Gasteiger partial charge in [-0.05, 0) is 97.6 Å². The number of hydrogen-bond acceptors (Lipinski definition) is 3. The van der Waals surface area contributed by atoms with Gasteiger partial charge in [0.15, 0.2) is 0 Å². The average molecular weight is 719 g/mol. The van der Waals surface area contributed by atoms with Crippen molar-refractivity contribution in [3.63, 3.8) is 0 Å². The molecular weight excluding hydrogens is 681 g/mol. The van der Waals surface area contributed by atoms with Crippen LogP contribution in [0.25, 0.3) is 39.1 Å². The van der Waals surface area contributed by atoms with E-state index in [-0.39, 0.29) is 12.2 Å². The highest BCUT2D eigenvalue weighted by atomic mass is 16.5. The lowest BCUT2D eigenvalue weighted by Crippen LogP contribution is -2.39. The number of rotatable bonds is 5. The van der Waals surface area contributed by atoms with Gasteiger partial charge in [-0.15, -0.1) is 0 Å². The Labute approximate surface area is 327 Å². The fourth-order valence-corrected chi connectivity index (χ4v) is 9.28. The molecule has 2 N–H and O–H groups in total. The minimum Gasteiger partial charge on any atom is -0.457 e. The molecule has 0 saturated heterocycles. The van der Waals surface area contributed by atoms with Crippen molar-refractivity contribution in [2.75, 3.05) is 0 Å². The average Bonchev–Trinajstić information content (AvgIpc) is 3.57. The fraction of sp³-hybridized carbons (Fsp3) is 0.0566. The van der Waals surface area contributed by atoms with Gasteiger partial charge < -0.3 is 10.1 Å². The smallest absolute Gasteiger partial charge is 0.132 e. The van der Waals surface area contributed by atoms with E-state index in [0.29, 0.717) is 0 Å². The molecule has 8 aromatic rings. The molecule has 2 atom stereocenters. The number of fused-ring (bicyclic) bond motifs is 9. The van der Waals surface area contributed by atoms with Crippen LogP contribution in [-0.2, 0) is 5.41 Å². The molecule has 8 aromatic carbocycles.